The second-order valence-electron chi connectivity index (χ2n) is 5.66. The van der Waals surface area contributed by atoms with Crippen LogP contribution >= 0.6 is 0 Å². The van der Waals surface area contributed by atoms with E-state index in [-0.39, 0.29) is 6.03 Å². The van der Waals surface area contributed by atoms with Gasteiger partial charge < -0.3 is 20.3 Å². The molecule has 0 atom stereocenters. The maximum absolute atomic E-state index is 11.9. The Labute approximate surface area is 126 Å². The Morgan fingerprint density at radius 2 is 2.05 bits per heavy atom. The van der Waals surface area contributed by atoms with E-state index in [1.807, 2.05) is 18.2 Å². The monoisotopic (exact) mass is 291 g/mol. The highest BCUT2D eigenvalue weighted by atomic mass is 16.5. The lowest BCUT2D eigenvalue weighted by molar-refractivity contribution is 0.185. The average Bonchev–Trinajstić information content (AvgIpc) is 2.48. The van der Waals surface area contributed by atoms with Crippen molar-refractivity contribution in [1.29, 1.82) is 0 Å². The first-order valence-electron chi connectivity index (χ1n) is 7.47. The summed E-state index contributed by atoms with van der Waals surface area (Å²) in [6.45, 7) is 3.22. The number of benzene rings is 1. The molecule has 5 nitrogen and oxygen atoms in total. The number of methoxy groups -OCH3 is 1. The summed E-state index contributed by atoms with van der Waals surface area (Å²) in [5.41, 5.74) is 2.20. The minimum atomic E-state index is -0.0818. The van der Waals surface area contributed by atoms with Crippen molar-refractivity contribution in [3.05, 3.63) is 35.4 Å². The summed E-state index contributed by atoms with van der Waals surface area (Å²) in [4.78, 5) is 14.2. The van der Waals surface area contributed by atoms with Crippen LogP contribution in [0.5, 0.6) is 0 Å². The second-order valence-corrected chi connectivity index (χ2v) is 5.66. The number of rotatable bonds is 5. The Kier molecular flexibility index (Phi) is 6.02. The third-order valence-electron chi connectivity index (χ3n) is 3.81. The molecule has 21 heavy (non-hydrogen) atoms. The van der Waals surface area contributed by atoms with Crippen LogP contribution in [-0.2, 0) is 17.9 Å². The molecule has 1 aliphatic heterocycles. The van der Waals surface area contributed by atoms with Gasteiger partial charge in [0.1, 0.15) is 0 Å². The number of piperidine rings is 1. The summed E-state index contributed by atoms with van der Waals surface area (Å²) in [6, 6.07) is 8.28. The first kappa shape index (κ1) is 15.8. The van der Waals surface area contributed by atoms with Crippen LogP contribution in [0.15, 0.2) is 24.3 Å². The van der Waals surface area contributed by atoms with Crippen molar-refractivity contribution < 1.29 is 9.53 Å². The number of carbonyl (C=O) groups excluding carboxylic acids is 1. The Morgan fingerprint density at radius 3 is 2.76 bits per heavy atom. The zero-order valence-corrected chi connectivity index (χ0v) is 12.9. The fourth-order valence-corrected chi connectivity index (χ4v) is 2.57. The number of urea groups is 1. The summed E-state index contributed by atoms with van der Waals surface area (Å²) in [6.07, 6.45) is 2.04. The first-order valence-corrected chi connectivity index (χ1v) is 7.47. The van der Waals surface area contributed by atoms with Gasteiger partial charge in [0, 0.05) is 19.7 Å². The van der Waals surface area contributed by atoms with Crippen molar-refractivity contribution >= 4 is 6.03 Å². The van der Waals surface area contributed by atoms with Crippen molar-refractivity contribution in [2.24, 2.45) is 0 Å². The van der Waals surface area contributed by atoms with Gasteiger partial charge in [-0.1, -0.05) is 24.3 Å². The van der Waals surface area contributed by atoms with Crippen molar-refractivity contribution in [3.63, 3.8) is 0 Å². The molecule has 5 heteroatoms. The van der Waals surface area contributed by atoms with Gasteiger partial charge in [-0.2, -0.15) is 0 Å². The molecule has 0 aliphatic carbocycles. The standard InChI is InChI=1S/C16H25N3O2/c1-19-8-6-15(7-9-19)18-16(20)17-11-13-4-3-5-14(10-13)12-21-2/h3-5,10,15H,6-9,11-12H2,1-2H3,(H2,17,18,20). The van der Waals surface area contributed by atoms with Gasteiger partial charge in [0.25, 0.3) is 0 Å². The molecular formula is C16H25N3O2. The SMILES string of the molecule is COCc1cccc(CNC(=O)NC2CCN(C)CC2)c1. The molecule has 0 saturated carbocycles. The summed E-state index contributed by atoms with van der Waals surface area (Å²) in [7, 11) is 3.79. The van der Waals surface area contributed by atoms with Crippen LogP contribution in [0.4, 0.5) is 4.79 Å². The highest BCUT2D eigenvalue weighted by Crippen LogP contribution is 2.08. The van der Waals surface area contributed by atoms with E-state index in [2.05, 4.69) is 28.6 Å². The lowest BCUT2D eigenvalue weighted by Crippen LogP contribution is -2.46. The molecule has 1 heterocycles. The fraction of sp³-hybridized carbons (Fsp3) is 0.562. The number of hydrogen-bond donors (Lipinski definition) is 2. The van der Waals surface area contributed by atoms with E-state index in [0.29, 0.717) is 19.2 Å². The first-order chi connectivity index (χ1) is 10.2. The summed E-state index contributed by atoms with van der Waals surface area (Å²) in [5.74, 6) is 0. The summed E-state index contributed by atoms with van der Waals surface area (Å²) in [5, 5.41) is 5.97. The molecule has 1 fully saturated rings. The normalized spacial score (nSPS) is 16.7. The molecule has 2 N–H and O–H groups in total. The Hall–Kier alpha value is -1.59. The molecule has 2 rings (SSSR count). The van der Waals surface area contributed by atoms with Crippen LogP contribution < -0.4 is 10.6 Å². The van der Waals surface area contributed by atoms with Crippen LogP contribution in [0.25, 0.3) is 0 Å². The molecule has 2 amide bonds. The van der Waals surface area contributed by atoms with E-state index < -0.39 is 0 Å². The van der Waals surface area contributed by atoms with Crippen LogP contribution in [-0.4, -0.2) is 44.2 Å². The maximum Gasteiger partial charge on any atom is 0.315 e. The molecule has 0 radical (unpaired) electrons. The van der Waals surface area contributed by atoms with Gasteiger partial charge in [0.2, 0.25) is 0 Å². The van der Waals surface area contributed by atoms with Gasteiger partial charge >= 0.3 is 6.03 Å². The topological polar surface area (TPSA) is 53.6 Å². The minimum Gasteiger partial charge on any atom is -0.380 e. The van der Waals surface area contributed by atoms with Crippen molar-refractivity contribution in [2.45, 2.75) is 32.0 Å². The minimum absolute atomic E-state index is 0.0818. The number of likely N-dealkylation sites (tertiary alicyclic amines) is 1. The highest BCUT2D eigenvalue weighted by Gasteiger charge is 2.17. The number of nitrogens with one attached hydrogen (secondary N) is 2. The third-order valence-corrected chi connectivity index (χ3v) is 3.81. The maximum atomic E-state index is 11.9. The third kappa shape index (κ3) is 5.36. The Morgan fingerprint density at radius 1 is 1.33 bits per heavy atom. The predicted octanol–water partition coefficient (Wildman–Crippen LogP) is 1.73. The van der Waals surface area contributed by atoms with Crippen molar-refractivity contribution in [3.8, 4) is 0 Å². The van der Waals surface area contributed by atoms with E-state index in [9.17, 15) is 4.79 Å². The molecule has 0 unspecified atom stereocenters. The summed E-state index contributed by atoms with van der Waals surface area (Å²) >= 11 is 0. The molecule has 1 aromatic rings. The smallest absolute Gasteiger partial charge is 0.315 e. The molecule has 0 bridgehead atoms. The lowest BCUT2D eigenvalue weighted by Gasteiger charge is -2.29. The lowest BCUT2D eigenvalue weighted by atomic mass is 10.1. The van der Waals surface area contributed by atoms with Gasteiger partial charge in [-0.05, 0) is 44.1 Å². The second kappa shape index (κ2) is 8.00. The molecular weight excluding hydrogens is 266 g/mol. The van der Waals surface area contributed by atoms with Crippen LogP contribution in [0.2, 0.25) is 0 Å². The van der Waals surface area contributed by atoms with E-state index in [4.69, 9.17) is 4.74 Å². The van der Waals surface area contributed by atoms with Crippen molar-refractivity contribution in [1.82, 2.24) is 15.5 Å². The quantitative estimate of drug-likeness (QED) is 0.868. The average molecular weight is 291 g/mol. The van der Waals surface area contributed by atoms with Gasteiger partial charge in [-0.3, -0.25) is 0 Å². The fourth-order valence-electron chi connectivity index (χ4n) is 2.57. The molecule has 116 valence electrons. The predicted molar refractivity (Wildman–Crippen MR) is 83.0 cm³/mol. The van der Waals surface area contributed by atoms with Crippen LogP contribution in [0, 0.1) is 0 Å². The molecule has 0 aromatic heterocycles. The number of nitrogens with zero attached hydrogens (tertiary/aromatic N) is 1. The summed E-state index contributed by atoms with van der Waals surface area (Å²) < 4.78 is 5.11. The molecule has 1 aromatic carbocycles. The number of amides is 2. The van der Waals surface area contributed by atoms with Gasteiger partial charge in [-0.15, -0.1) is 0 Å². The Bertz CT molecular complexity index is 457. The zero-order valence-electron chi connectivity index (χ0n) is 12.9. The van der Waals surface area contributed by atoms with E-state index in [1.165, 1.54) is 0 Å². The van der Waals surface area contributed by atoms with Crippen LogP contribution in [0.3, 0.4) is 0 Å². The largest absolute Gasteiger partial charge is 0.380 e. The number of ether oxygens (including phenoxy) is 1. The molecule has 1 saturated heterocycles. The van der Waals surface area contributed by atoms with E-state index >= 15 is 0 Å². The molecule has 0 spiro atoms. The van der Waals surface area contributed by atoms with E-state index in [0.717, 1.165) is 37.1 Å². The highest BCUT2D eigenvalue weighted by molar-refractivity contribution is 5.74. The van der Waals surface area contributed by atoms with Crippen LogP contribution in [0.1, 0.15) is 24.0 Å². The van der Waals surface area contributed by atoms with E-state index in [1.54, 1.807) is 7.11 Å². The Balaban J connectivity index is 1.74. The zero-order chi connectivity index (χ0) is 15.1. The van der Waals surface area contributed by atoms with Gasteiger partial charge in [0.05, 0.1) is 6.61 Å². The van der Waals surface area contributed by atoms with Gasteiger partial charge in [-0.25, -0.2) is 4.79 Å². The molecule has 1 aliphatic rings. The van der Waals surface area contributed by atoms with Crippen molar-refractivity contribution in [2.75, 3.05) is 27.2 Å². The number of carbonyl (C=O) groups is 1. The van der Waals surface area contributed by atoms with Gasteiger partial charge in [0.15, 0.2) is 0 Å². The number of hydrogen-bond acceptors (Lipinski definition) is 3.